The zero-order valence-electron chi connectivity index (χ0n) is 12.0. The highest BCUT2D eigenvalue weighted by Crippen LogP contribution is 2.22. The molecule has 2 rings (SSSR count). The van der Waals surface area contributed by atoms with Gasteiger partial charge in [0.15, 0.2) is 5.11 Å². The average Bonchev–Trinajstić information content (AvgIpc) is 2.54. The molecule has 0 unspecified atom stereocenters. The first kappa shape index (κ1) is 17.0. The van der Waals surface area contributed by atoms with Gasteiger partial charge in [-0.05, 0) is 54.7 Å². The van der Waals surface area contributed by atoms with E-state index in [9.17, 15) is 9.18 Å². The highest BCUT2D eigenvalue weighted by molar-refractivity contribution is 7.80. The first-order chi connectivity index (χ1) is 11.0. The smallest absolute Gasteiger partial charge is 0.273 e. The van der Waals surface area contributed by atoms with Crippen molar-refractivity contribution < 1.29 is 13.9 Å². The van der Waals surface area contributed by atoms with E-state index in [1.54, 1.807) is 12.1 Å². The summed E-state index contributed by atoms with van der Waals surface area (Å²) in [5.74, 6) is -0.436. The summed E-state index contributed by atoms with van der Waals surface area (Å²) in [5, 5.41) is 3.35. The molecule has 0 aliphatic carbocycles. The first-order valence-corrected chi connectivity index (χ1v) is 7.24. The van der Waals surface area contributed by atoms with Crippen molar-refractivity contribution in [1.29, 1.82) is 0 Å². The number of rotatable bonds is 3. The zero-order valence-corrected chi connectivity index (χ0v) is 13.6. The van der Waals surface area contributed by atoms with Crippen LogP contribution in [0, 0.1) is 5.82 Å². The molecule has 0 aromatic heterocycles. The molecular formula is C15H13ClFN3O2S. The van der Waals surface area contributed by atoms with Crippen molar-refractivity contribution in [2.75, 3.05) is 12.4 Å². The highest BCUT2D eigenvalue weighted by Gasteiger charge is 2.13. The summed E-state index contributed by atoms with van der Waals surface area (Å²) in [6.07, 6.45) is 0. The highest BCUT2D eigenvalue weighted by atomic mass is 35.5. The van der Waals surface area contributed by atoms with E-state index in [2.05, 4.69) is 16.2 Å². The van der Waals surface area contributed by atoms with Crippen molar-refractivity contribution in [3.8, 4) is 5.75 Å². The molecule has 0 radical (unpaired) electrons. The Bertz CT molecular complexity index is 725. The number of thiocarbonyl (C=S) groups is 1. The number of carbonyl (C=O) groups excluding carboxylic acids is 1. The summed E-state index contributed by atoms with van der Waals surface area (Å²) in [7, 11) is 1.45. The van der Waals surface area contributed by atoms with Gasteiger partial charge in [-0.3, -0.25) is 15.6 Å². The molecule has 0 atom stereocenters. The Morgan fingerprint density at radius 1 is 1.17 bits per heavy atom. The fourth-order valence-corrected chi connectivity index (χ4v) is 2.08. The van der Waals surface area contributed by atoms with Crippen molar-refractivity contribution in [2.45, 2.75) is 0 Å². The molecule has 0 aliphatic rings. The van der Waals surface area contributed by atoms with Crippen molar-refractivity contribution >= 4 is 40.5 Å². The van der Waals surface area contributed by atoms with Crippen molar-refractivity contribution in [1.82, 2.24) is 10.9 Å². The Balaban J connectivity index is 1.95. The van der Waals surface area contributed by atoms with Crippen LogP contribution in [0.1, 0.15) is 10.4 Å². The zero-order chi connectivity index (χ0) is 16.8. The van der Waals surface area contributed by atoms with E-state index in [4.69, 9.17) is 28.6 Å². The molecule has 1 amide bonds. The van der Waals surface area contributed by atoms with Gasteiger partial charge in [0.05, 0.1) is 12.7 Å². The Morgan fingerprint density at radius 3 is 2.52 bits per heavy atom. The summed E-state index contributed by atoms with van der Waals surface area (Å²) in [6.45, 7) is 0. The van der Waals surface area contributed by atoms with E-state index in [0.717, 1.165) is 0 Å². The van der Waals surface area contributed by atoms with E-state index in [0.29, 0.717) is 16.5 Å². The average molecular weight is 354 g/mol. The molecular weight excluding hydrogens is 341 g/mol. The van der Waals surface area contributed by atoms with Crippen molar-refractivity contribution in [3.05, 3.63) is 58.9 Å². The normalized spacial score (nSPS) is 9.87. The summed E-state index contributed by atoms with van der Waals surface area (Å²) >= 11 is 10.9. The summed E-state index contributed by atoms with van der Waals surface area (Å²) < 4.78 is 17.9. The lowest BCUT2D eigenvalue weighted by Gasteiger charge is -2.13. The number of nitrogens with one attached hydrogen (secondary N) is 3. The molecule has 2 aromatic carbocycles. The quantitative estimate of drug-likeness (QED) is 0.584. The molecule has 0 aliphatic heterocycles. The number of amides is 1. The number of benzene rings is 2. The maximum Gasteiger partial charge on any atom is 0.273 e. The van der Waals surface area contributed by atoms with Gasteiger partial charge < -0.3 is 10.1 Å². The van der Waals surface area contributed by atoms with Gasteiger partial charge in [0, 0.05) is 10.7 Å². The number of anilines is 1. The fraction of sp³-hybridized carbons (Fsp3) is 0.0667. The predicted octanol–water partition coefficient (Wildman–Crippen LogP) is 3.12. The van der Waals surface area contributed by atoms with E-state index < -0.39 is 5.91 Å². The minimum Gasteiger partial charge on any atom is -0.496 e. The van der Waals surface area contributed by atoms with Crippen LogP contribution in [0.5, 0.6) is 5.75 Å². The third-order valence-corrected chi connectivity index (χ3v) is 3.24. The number of carbonyl (C=O) groups is 1. The largest absolute Gasteiger partial charge is 0.496 e. The Hall–Kier alpha value is -2.38. The Morgan fingerprint density at radius 2 is 1.87 bits per heavy atom. The molecule has 5 nitrogen and oxygen atoms in total. The number of hydrogen-bond acceptors (Lipinski definition) is 3. The first-order valence-electron chi connectivity index (χ1n) is 6.46. The third kappa shape index (κ3) is 4.80. The van der Waals surface area contributed by atoms with Gasteiger partial charge in [-0.1, -0.05) is 11.6 Å². The number of ether oxygens (including phenoxy) is 1. The van der Waals surface area contributed by atoms with Crippen LogP contribution in [-0.4, -0.2) is 18.1 Å². The van der Waals surface area contributed by atoms with E-state index in [-0.39, 0.29) is 16.5 Å². The second kappa shape index (κ2) is 7.75. The molecule has 120 valence electrons. The van der Waals surface area contributed by atoms with Gasteiger partial charge in [0.1, 0.15) is 11.6 Å². The minimum atomic E-state index is -0.465. The number of hydrogen-bond donors (Lipinski definition) is 3. The number of halogens is 2. The molecule has 0 spiro atoms. The monoisotopic (exact) mass is 353 g/mol. The molecule has 3 N–H and O–H groups in total. The van der Waals surface area contributed by atoms with Crippen molar-refractivity contribution in [3.63, 3.8) is 0 Å². The predicted molar refractivity (Wildman–Crippen MR) is 91.2 cm³/mol. The molecule has 0 fully saturated rings. The van der Waals surface area contributed by atoms with Gasteiger partial charge >= 0.3 is 0 Å². The molecule has 0 saturated carbocycles. The summed E-state index contributed by atoms with van der Waals surface area (Å²) in [4.78, 5) is 12.1. The van der Waals surface area contributed by atoms with Crippen LogP contribution in [0.4, 0.5) is 10.1 Å². The van der Waals surface area contributed by atoms with E-state index in [1.165, 1.54) is 37.4 Å². The second-order valence-electron chi connectivity index (χ2n) is 4.38. The van der Waals surface area contributed by atoms with Crippen LogP contribution < -0.4 is 20.9 Å². The Labute approximate surface area is 142 Å². The lowest BCUT2D eigenvalue weighted by atomic mass is 10.2. The lowest BCUT2D eigenvalue weighted by molar-refractivity contribution is 0.0941. The van der Waals surface area contributed by atoms with Crippen LogP contribution >= 0.6 is 23.8 Å². The minimum absolute atomic E-state index is 0.144. The van der Waals surface area contributed by atoms with Crippen LogP contribution in [0.2, 0.25) is 5.02 Å². The topological polar surface area (TPSA) is 62.4 Å². The van der Waals surface area contributed by atoms with Gasteiger partial charge in [-0.2, -0.15) is 0 Å². The van der Waals surface area contributed by atoms with Crippen LogP contribution in [0.25, 0.3) is 0 Å². The number of hydrazine groups is 1. The molecule has 0 bridgehead atoms. The third-order valence-electron chi connectivity index (χ3n) is 2.80. The number of methoxy groups -OCH3 is 1. The lowest BCUT2D eigenvalue weighted by Crippen LogP contribution is -2.43. The van der Waals surface area contributed by atoms with E-state index >= 15 is 0 Å². The van der Waals surface area contributed by atoms with Crippen molar-refractivity contribution in [2.24, 2.45) is 0 Å². The summed E-state index contributed by atoms with van der Waals surface area (Å²) in [6, 6.07) is 10.3. The van der Waals surface area contributed by atoms with Gasteiger partial charge in [0.2, 0.25) is 0 Å². The summed E-state index contributed by atoms with van der Waals surface area (Å²) in [5.41, 5.74) is 5.81. The SMILES string of the molecule is COc1ccc(Cl)cc1C(=O)NNC(=S)Nc1ccc(F)cc1. The maximum atomic E-state index is 12.8. The molecule has 23 heavy (non-hydrogen) atoms. The van der Waals surface area contributed by atoms with Gasteiger partial charge in [0.25, 0.3) is 5.91 Å². The standard InChI is InChI=1S/C15H13ClFN3O2S/c1-22-13-7-2-9(16)8-12(13)14(21)19-20-15(23)18-11-5-3-10(17)4-6-11/h2-8H,1H3,(H,19,21)(H2,18,20,23). The molecule has 0 saturated heterocycles. The molecule has 8 heteroatoms. The van der Waals surface area contributed by atoms with E-state index in [1.807, 2.05) is 0 Å². The fourth-order valence-electron chi connectivity index (χ4n) is 1.73. The van der Waals surface area contributed by atoms with Crippen LogP contribution in [0.3, 0.4) is 0 Å². The second-order valence-corrected chi connectivity index (χ2v) is 5.23. The Kier molecular flexibility index (Phi) is 5.72. The van der Waals surface area contributed by atoms with Gasteiger partial charge in [-0.15, -0.1) is 0 Å². The molecule has 0 heterocycles. The maximum absolute atomic E-state index is 12.8. The van der Waals surface area contributed by atoms with Gasteiger partial charge in [-0.25, -0.2) is 4.39 Å². The van der Waals surface area contributed by atoms with Crippen LogP contribution in [0.15, 0.2) is 42.5 Å². The van der Waals surface area contributed by atoms with Crippen LogP contribution in [-0.2, 0) is 0 Å². The molecule has 2 aromatic rings.